The first-order chi connectivity index (χ1) is 14.1. The highest BCUT2D eigenvalue weighted by Crippen LogP contribution is 2.41. The normalized spacial score (nSPS) is 21.3. The van der Waals surface area contributed by atoms with E-state index in [2.05, 4.69) is 23.0 Å². The number of piperidine rings is 1. The molecule has 1 aliphatic heterocycles. The number of nitriles is 1. The van der Waals surface area contributed by atoms with Crippen LogP contribution in [0, 0.1) is 11.3 Å². The maximum Gasteiger partial charge on any atom is 0.256 e. The van der Waals surface area contributed by atoms with Crippen molar-refractivity contribution < 1.29 is 14.3 Å². The Labute approximate surface area is 170 Å². The van der Waals surface area contributed by atoms with Gasteiger partial charge in [0.15, 0.2) is 0 Å². The van der Waals surface area contributed by atoms with Crippen LogP contribution in [0.15, 0.2) is 30.5 Å². The summed E-state index contributed by atoms with van der Waals surface area (Å²) < 4.78 is 11.2. The third-order valence-electron chi connectivity index (χ3n) is 5.55. The lowest BCUT2D eigenvalue weighted by Gasteiger charge is -2.38. The fourth-order valence-electron chi connectivity index (χ4n) is 3.74. The highest BCUT2D eigenvalue weighted by molar-refractivity contribution is 5.96. The largest absolute Gasteiger partial charge is 0.481 e. The number of ether oxygens (including phenoxy) is 2. The van der Waals surface area contributed by atoms with Crippen LogP contribution in [-0.4, -0.2) is 46.6 Å². The number of nitrogens with zero attached hydrogens (tertiary/aromatic N) is 4. The monoisotopic (exact) mass is 392 g/mol. The molecule has 0 spiro atoms. The summed E-state index contributed by atoms with van der Waals surface area (Å²) in [5, 5.41) is 9.06. The molecule has 0 aromatic carbocycles. The van der Waals surface area contributed by atoms with Gasteiger partial charge in [-0.25, -0.2) is 9.97 Å². The van der Waals surface area contributed by atoms with Gasteiger partial charge in [0, 0.05) is 30.3 Å². The number of pyridine rings is 2. The van der Waals surface area contributed by atoms with Crippen LogP contribution in [0.1, 0.15) is 60.1 Å². The second-order valence-corrected chi connectivity index (χ2v) is 7.68. The molecule has 7 nitrogen and oxygen atoms in total. The third kappa shape index (κ3) is 4.16. The van der Waals surface area contributed by atoms with E-state index < -0.39 is 0 Å². The summed E-state index contributed by atoms with van der Waals surface area (Å²) in [5.74, 6) is 1.29. The molecule has 150 valence electrons. The first-order valence-corrected chi connectivity index (χ1v) is 9.97. The fourth-order valence-corrected chi connectivity index (χ4v) is 3.74. The summed E-state index contributed by atoms with van der Waals surface area (Å²) in [6.45, 7) is 2.55. The minimum atomic E-state index is -0.160. The molecule has 2 unspecified atom stereocenters. The van der Waals surface area contributed by atoms with Gasteiger partial charge < -0.3 is 14.4 Å². The Bertz CT molecular complexity index is 951. The summed E-state index contributed by atoms with van der Waals surface area (Å²) >= 11 is 0. The van der Waals surface area contributed by atoms with Crippen LogP contribution in [-0.2, 0) is 0 Å². The first-order valence-electron chi connectivity index (χ1n) is 9.97. The summed E-state index contributed by atoms with van der Waals surface area (Å²) in [5.41, 5.74) is 2.00. The number of rotatable bonds is 5. The smallest absolute Gasteiger partial charge is 0.256 e. The SMILES string of the molecule is COc1ccc(C(=O)N2CC(Oc3cc(C#N)ccn3)CCC2C)c(C2CC2)n1. The molecule has 1 amide bonds. The molecule has 1 aliphatic carbocycles. The molecule has 1 saturated heterocycles. The maximum absolute atomic E-state index is 13.4. The zero-order valence-corrected chi connectivity index (χ0v) is 16.7. The predicted octanol–water partition coefficient (Wildman–Crippen LogP) is 3.31. The van der Waals surface area contributed by atoms with Crippen molar-refractivity contribution in [2.24, 2.45) is 0 Å². The van der Waals surface area contributed by atoms with Gasteiger partial charge in [-0.3, -0.25) is 4.79 Å². The third-order valence-corrected chi connectivity index (χ3v) is 5.55. The molecule has 0 bridgehead atoms. The van der Waals surface area contributed by atoms with Gasteiger partial charge >= 0.3 is 0 Å². The molecule has 0 radical (unpaired) electrons. The van der Waals surface area contributed by atoms with Crippen molar-refractivity contribution in [3.63, 3.8) is 0 Å². The minimum Gasteiger partial charge on any atom is -0.481 e. The first kappa shape index (κ1) is 19.2. The van der Waals surface area contributed by atoms with Crippen molar-refractivity contribution in [2.75, 3.05) is 13.7 Å². The van der Waals surface area contributed by atoms with Crippen LogP contribution in [0.3, 0.4) is 0 Å². The standard InChI is InChI=1S/C22H24N4O3/c1-14-3-6-17(29-20-11-15(12-23)9-10-24-20)13-26(14)22(27)18-7-8-19(28-2)25-21(18)16-4-5-16/h7-11,14,16-17H,3-6,13H2,1-2H3. The Morgan fingerprint density at radius 3 is 2.76 bits per heavy atom. The van der Waals surface area contributed by atoms with E-state index in [9.17, 15) is 4.79 Å². The number of hydrogen-bond donors (Lipinski definition) is 0. The highest BCUT2D eigenvalue weighted by Gasteiger charge is 2.35. The van der Waals surface area contributed by atoms with E-state index in [1.54, 1.807) is 31.5 Å². The van der Waals surface area contributed by atoms with E-state index >= 15 is 0 Å². The van der Waals surface area contributed by atoms with Gasteiger partial charge in [0.05, 0.1) is 36.5 Å². The maximum atomic E-state index is 13.4. The van der Waals surface area contributed by atoms with Gasteiger partial charge in [-0.1, -0.05) is 0 Å². The lowest BCUT2D eigenvalue weighted by molar-refractivity contribution is 0.0371. The van der Waals surface area contributed by atoms with Crippen molar-refractivity contribution >= 4 is 5.91 Å². The predicted molar refractivity (Wildman–Crippen MR) is 106 cm³/mol. The molecule has 1 saturated carbocycles. The molecule has 0 N–H and O–H groups in total. The molecule has 2 fully saturated rings. The zero-order valence-electron chi connectivity index (χ0n) is 16.7. The van der Waals surface area contributed by atoms with E-state index in [1.807, 2.05) is 11.0 Å². The average molecular weight is 392 g/mol. The Hall–Kier alpha value is -3.14. The topological polar surface area (TPSA) is 88.3 Å². The second-order valence-electron chi connectivity index (χ2n) is 7.68. The number of carbonyl (C=O) groups is 1. The minimum absolute atomic E-state index is 0.0124. The van der Waals surface area contributed by atoms with E-state index in [1.165, 1.54) is 0 Å². The van der Waals surface area contributed by atoms with Crippen molar-refractivity contribution in [3.8, 4) is 17.8 Å². The molecule has 4 rings (SSSR count). The number of aromatic nitrogens is 2. The molecule has 2 aliphatic rings. The van der Waals surface area contributed by atoms with Crippen LogP contribution in [0.25, 0.3) is 0 Å². The summed E-state index contributed by atoms with van der Waals surface area (Å²) in [6, 6.07) is 9.06. The molecule has 2 aromatic rings. The molecule has 7 heteroatoms. The van der Waals surface area contributed by atoms with Crippen molar-refractivity contribution in [3.05, 3.63) is 47.3 Å². The molecule has 2 aromatic heterocycles. The van der Waals surface area contributed by atoms with Gasteiger partial charge in [0.1, 0.15) is 6.10 Å². The van der Waals surface area contributed by atoms with Gasteiger partial charge in [0.2, 0.25) is 11.8 Å². The van der Waals surface area contributed by atoms with Crippen LogP contribution in [0.5, 0.6) is 11.8 Å². The summed E-state index contributed by atoms with van der Waals surface area (Å²) in [6.07, 6.45) is 5.20. The zero-order chi connectivity index (χ0) is 20.4. The van der Waals surface area contributed by atoms with Crippen LogP contribution in [0.4, 0.5) is 0 Å². The molecule has 3 heterocycles. The van der Waals surface area contributed by atoms with Crippen LogP contribution in [0.2, 0.25) is 0 Å². The van der Waals surface area contributed by atoms with Gasteiger partial charge in [-0.15, -0.1) is 0 Å². The number of hydrogen-bond acceptors (Lipinski definition) is 6. The van der Waals surface area contributed by atoms with E-state index in [4.69, 9.17) is 14.7 Å². The van der Waals surface area contributed by atoms with Gasteiger partial charge in [-0.05, 0) is 44.7 Å². The Kier molecular flexibility index (Phi) is 5.34. The van der Waals surface area contributed by atoms with E-state index in [0.29, 0.717) is 35.3 Å². The Morgan fingerprint density at radius 1 is 1.21 bits per heavy atom. The molecule has 29 heavy (non-hydrogen) atoms. The van der Waals surface area contributed by atoms with Crippen molar-refractivity contribution in [1.29, 1.82) is 5.26 Å². The molecular weight excluding hydrogens is 368 g/mol. The van der Waals surface area contributed by atoms with Crippen molar-refractivity contribution in [2.45, 2.75) is 50.7 Å². The Morgan fingerprint density at radius 2 is 2.03 bits per heavy atom. The van der Waals surface area contributed by atoms with E-state index in [0.717, 1.165) is 31.4 Å². The lowest BCUT2D eigenvalue weighted by atomic mass is 9.99. The van der Waals surface area contributed by atoms with Gasteiger partial charge in [0.25, 0.3) is 5.91 Å². The van der Waals surface area contributed by atoms with Gasteiger partial charge in [-0.2, -0.15) is 5.26 Å². The summed E-state index contributed by atoms with van der Waals surface area (Å²) in [4.78, 5) is 24.0. The fraction of sp³-hybridized carbons (Fsp3) is 0.455. The number of likely N-dealkylation sites (tertiary alicyclic amines) is 1. The lowest BCUT2D eigenvalue weighted by Crippen LogP contribution is -2.49. The van der Waals surface area contributed by atoms with Crippen LogP contribution < -0.4 is 9.47 Å². The molecule has 2 atom stereocenters. The number of methoxy groups -OCH3 is 1. The number of amides is 1. The highest BCUT2D eigenvalue weighted by atomic mass is 16.5. The van der Waals surface area contributed by atoms with Crippen LogP contribution >= 0.6 is 0 Å². The summed E-state index contributed by atoms with van der Waals surface area (Å²) in [7, 11) is 1.59. The molecular formula is C22H24N4O3. The average Bonchev–Trinajstić information content (AvgIpc) is 3.59. The second kappa shape index (κ2) is 8.08. The van der Waals surface area contributed by atoms with E-state index in [-0.39, 0.29) is 18.1 Å². The van der Waals surface area contributed by atoms with Crippen molar-refractivity contribution in [1.82, 2.24) is 14.9 Å². The Balaban J connectivity index is 1.53. The number of carbonyl (C=O) groups excluding carboxylic acids is 1. The quantitative estimate of drug-likeness (QED) is 0.776.